The van der Waals surface area contributed by atoms with Crippen LogP contribution in [0.4, 0.5) is 0 Å². The van der Waals surface area contributed by atoms with Gasteiger partial charge in [-0.05, 0) is 48.1 Å². The predicted octanol–water partition coefficient (Wildman–Crippen LogP) is 4.98. The number of hydrogen-bond acceptors (Lipinski definition) is 5. The summed E-state index contributed by atoms with van der Waals surface area (Å²) in [5.74, 6) is 0. The molecule has 26 heavy (non-hydrogen) atoms. The van der Waals surface area contributed by atoms with Crippen LogP contribution in [0, 0.1) is 3.82 Å². The Morgan fingerprint density at radius 1 is 0.923 bits per heavy atom. The Balaban J connectivity index is 0.00000243. The molecule has 0 aliphatic carbocycles. The molecular formula is C18H17NaO3S4. The Bertz CT molecular complexity index is 1010. The summed E-state index contributed by atoms with van der Waals surface area (Å²) in [7, 11) is -0.766. The second-order valence-electron chi connectivity index (χ2n) is 5.60. The van der Waals surface area contributed by atoms with Crippen LogP contribution in [0.25, 0.3) is 10.4 Å². The topological polar surface area (TPSA) is 54.4 Å². The van der Waals surface area contributed by atoms with Gasteiger partial charge in [0.05, 0.1) is 9.77 Å². The van der Waals surface area contributed by atoms with Crippen LogP contribution >= 0.6 is 32.9 Å². The van der Waals surface area contributed by atoms with Gasteiger partial charge in [0, 0.05) is 0 Å². The number of hydrogen-bond donors (Lipinski definition) is 1. The third kappa shape index (κ3) is 5.56. The fraction of sp³-hybridized carbons (Fsp3) is 0.167. The quantitative estimate of drug-likeness (QED) is 0.258. The van der Waals surface area contributed by atoms with E-state index in [2.05, 4.69) is 12.1 Å². The van der Waals surface area contributed by atoms with Crippen LogP contribution in [0.2, 0.25) is 0 Å². The number of aryl methyl sites for hydroxylation is 1. The Morgan fingerprint density at radius 2 is 1.58 bits per heavy atom. The molecule has 3 aromatic rings. The minimum atomic E-state index is -4.13. The van der Waals surface area contributed by atoms with E-state index in [1.807, 2.05) is 18.2 Å². The summed E-state index contributed by atoms with van der Waals surface area (Å²) in [6, 6.07) is 16.6. The van der Waals surface area contributed by atoms with E-state index >= 15 is 0 Å². The van der Waals surface area contributed by atoms with Crippen LogP contribution in [0.5, 0.6) is 0 Å². The van der Waals surface area contributed by atoms with Crippen molar-refractivity contribution in [2.45, 2.75) is 24.2 Å². The van der Waals surface area contributed by atoms with Gasteiger partial charge in [0.15, 0.2) is 0 Å². The summed E-state index contributed by atoms with van der Waals surface area (Å²) in [6.07, 6.45) is 2.65. The van der Waals surface area contributed by atoms with Crippen LogP contribution in [-0.2, 0) is 23.0 Å². The van der Waals surface area contributed by atoms with E-state index in [-0.39, 0.29) is 34.5 Å². The molecule has 0 unspecified atom stereocenters. The van der Waals surface area contributed by atoms with E-state index in [0.29, 0.717) is 0 Å². The van der Waals surface area contributed by atoms with Crippen molar-refractivity contribution in [3.8, 4) is 10.4 Å². The average molecular weight is 433 g/mol. The SMILES string of the molecule is O=S(=O)(O)c1ccc(CCCc2c(-c3ccccc3)ssc2=S)cc1.[NaH]. The molecule has 8 heteroatoms. The molecule has 0 spiro atoms. The van der Waals surface area contributed by atoms with E-state index in [1.54, 1.807) is 32.8 Å². The van der Waals surface area contributed by atoms with Gasteiger partial charge >= 0.3 is 29.6 Å². The molecule has 0 bridgehead atoms. The summed E-state index contributed by atoms with van der Waals surface area (Å²) < 4.78 is 32.1. The Hall–Kier alpha value is -0.380. The first-order valence-corrected chi connectivity index (χ1v) is 11.7. The zero-order valence-corrected chi connectivity index (χ0v) is 16.5. The fourth-order valence-corrected chi connectivity index (χ4v) is 6.09. The normalized spacial score (nSPS) is 11.1. The molecule has 1 aromatic heterocycles. The molecule has 0 saturated heterocycles. The molecule has 0 saturated carbocycles. The monoisotopic (exact) mass is 432 g/mol. The molecule has 3 rings (SSSR count). The Morgan fingerprint density at radius 3 is 2.19 bits per heavy atom. The van der Waals surface area contributed by atoms with E-state index in [0.717, 1.165) is 28.6 Å². The van der Waals surface area contributed by atoms with Gasteiger partial charge < -0.3 is 0 Å². The van der Waals surface area contributed by atoms with Crippen LogP contribution in [0.15, 0.2) is 59.5 Å². The maximum atomic E-state index is 11.1. The van der Waals surface area contributed by atoms with Gasteiger partial charge in [-0.1, -0.05) is 75.4 Å². The maximum absolute atomic E-state index is 11.1. The van der Waals surface area contributed by atoms with E-state index in [4.69, 9.17) is 16.8 Å². The van der Waals surface area contributed by atoms with Crippen molar-refractivity contribution < 1.29 is 13.0 Å². The van der Waals surface area contributed by atoms with Crippen LogP contribution in [-0.4, -0.2) is 42.5 Å². The van der Waals surface area contributed by atoms with Crippen molar-refractivity contribution in [1.82, 2.24) is 0 Å². The van der Waals surface area contributed by atoms with Crippen molar-refractivity contribution in [2.75, 3.05) is 0 Å². The third-order valence-corrected chi connectivity index (χ3v) is 7.93. The molecule has 1 N–H and O–H groups in total. The minimum absolute atomic E-state index is 0. The molecular weight excluding hydrogens is 415 g/mol. The van der Waals surface area contributed by atoms with Crippen LogP contribution < -0.4 is 0 Å². The van der Waals surface area contributed by atoms with E-state index < -0.39 is 10.1 Å². The first kappa shape index (κ1) is 21.9. The van der Waals surface area contributed by atoms with Crippen molar-refractivity contribution in [2.24, 2.45) is 0 Å². The molecule has 0 aliphatic rings. The van der Waals surface area contributed by atoms with Gasteiger partial charge in [-0.25, -0.2) is 0 Å². The average Bonchev–Trinajstić information content (AvgIpc) is 2.96. The van der Waals surface area contributed by atoms with Crippen molar-refractivity contribution in [3.63, 3.8) is 0 Å². The standard InChI is InChI=1S/C18H16O3S4.Na.H/c19-25(20,21)15-11-9-13(10-12-15)5-4-8-16-17(23-24-18(16)22)14-6-2-1-3-7-14;;/h1-3,6-7,9-12H,4-5,8H2,(H,19,20,21);;. The van der Waals surface area contributed by atoms with Crippen molar-refractivity contribution >= 4 is 72.6 Å². The van der Waals surface area contributed by atoms with Crippen LogP contribution in [0.3, 0.4) is 0 Å². The van der Waals surface area contributed by atoms with Crippen LogP contribution in [0.1, 0.15) is 17.5 Å². The molecule has 0 amide bonds. The number of benzene rings is 2. The zero-order chi connectivity index (χ0) is 17.9. The predicted molar refractivity (Wildman–Crippen MR) is 114 cm³/mol. The van der Waals surface area contributed by atoms with Gasteiger partial charge in [0.2, 0.25) is 0 Å². The molecule has 0 fully saturated rings. The fourth-order valence-electron chi connectivity index (χ4n) is 2.60. The first-order chi connectivity index (χ1) is 11.9. The molecule has 132 valence electrons. The Labute approximate surface area is 188 Å². The molecule has 3 nitrogen and oxygen atoms in total. The molecule has 0 atom stereocenters. The molecule has 0 radical (unpaired) electrons. The summed E-state index contributed by atoms with van der Waals surface area (Å²) in [4.78, 5) is 1.17. The Kier molecular flexibility index (Phi) is 8.18. The van der Waals surface area contributed by atoms with Gasteiger partial charge in [-0.15, -0.1) is 0 Å². The van der Waals surface area contributed by atoms with Gasteiger partial charge in [-0.3, -0.25) is 4.55 Å². The molecule has 0 aliphatic heterocycles. The first-order valence-electron chi connectivity index (χ1n) is 7.69. The third-order valence-electron chi connectivity index (χ3n) is 3.87. The number of rotatable bonds is 6. The van der Waals surface area contributed by atoms with Gasteiger partial charge in [-0.2, -0.15) is 8.42 Å². The summed E-state index contributed by atoms with van der Waals surface area (Å²) in [5.41, 5.74) is 3.47. The summed E-state index contributed by atoms with van der Waals surface area (Å²) >= 11 is 5.50. The second kappa shape index (κ2) is 9.71. The molecule has 1 heterocycles. The van der Waals surface area contributed by atoms with E-state index in [9.17, 15) is 8.42 Å². The van der Waals surface area contributed by atoms with Crippen molar-refractivity contribution in [3.05, 3.63) is 69.5 Å². The van der Waals surface area contributed by atoms with Gasteiger partial charge in [0.1, 0.15) is 3.82 Å². The molecule has 2 aromatic carbocycles. The summed E-state index contributed by atoms with van der Waals surface area (Å²) in [5, 5.41) is 0. The van der Waals surface area contributed by atoms with E-state index in [1.165, 1.54) is 28.1 Å². The summed E-state index contributed by atoms with van der Waals surface area (Å²) in [6.45, 7) is 0. The van der Waals surface area contributed by atoms with Crippen molar-refractivity contribution in [1.29, 1.82) is 0 Å². The van der Waals surface area contributed by atoms with Gasteiger partial charge in [0.25, 0.3) is 10.1 Å². The second-order valence-corrected chi connectivity index (χ2v) is 9.84. The zero-order valence-electron chi connectivity index (χ0n) is 13.2.